The lowest BCUT2D eigenvalue weighted by Gasteiger charge is -2.12. The zero-order valence-electron chi connectivity index (χ0n) is 21.2. The van der Waals surface area contributed by atoms with Gasteiger partial charge in [0.1, 0.15) is 5.75 Å². The van der Waals surface area contributed by atoms with Crippen LogP contribution in [0.2, 0.25) is 0 Å². The minimum atomic E-state index is -0.597. The molecular formula is C28H27N3O6. The van der Waals surface area contributed by atoms with Gasteiger partial charge in [-0.2, -0.15) is 0 Å². The Morgan fingerprint density at radius 3 is 2.11 bits per heavy atom. The second kappa shape index (κ2) is 10.9. The first-order valence-corrected chi connectivity index (χ1v) is 11.4. The fraction of sp³-hybridized carbons (Fsp3) is 0.179. The Kier molecular flexibility index (Phi) is 7.43. The van der Waals surface area contributed by atoms with E-state index in [0.29, 0.717) is 39.9 Å². The van der Waals surface area contributed by atoms with Gasteiger partial charge in [0.25, 0.3) is 5.56 Å². The minimum Gasteiger partial charge on any atom is -0.497 e. The average Bonchev–Trinajstić information content (AvgIpc) is 3.29. The normalized spacial score (nSPS) is 11.2. The molecule has 9 heteroatoms. The molecule has 0 aliphatic rings. The Hall–Kier alpha value is -4.79. The molecule has 4 aromatic rings. The van der Waals surface area contributed by atoms with Crippen LogP contribution >= 0.6 is 0 Å². The predicted molar refractivity (Wildman–Crippen MR) is 141 cm³/mol. The summed E-state index contributed by atoms with van der Waals surface area (Å²) in [7, 11) is 5.83. The van der Waals surface area contributed by atoms with E-state index in [2.05, 4.69) is 5.10 Å². The van der Waals surface area contributed by atoms with Gasteiger partial charge in [-0.05, 0) is 31.2 Å². The number of H-pyrrole nitrogens is 1. The van der Waals surface area contributed by atoms with Crippen molar-refractivity contribution in [3.63, 3.8) is 0 Å². The van der Waals surface area contributed by atoms with Crippen LogP contribution in [-0.4, -0.2) is 49.9 Å². The monoisotopic (exact) mass is 501 g/mol. The smallest absolute Gasteiger partial charge is 0.340 e. The van der Waals surface area contributed by atoms with Crippen LogP contribution in [0.5, 0.6) is 17.2 Å². The van der Waals surface area contributed by atoms with Crippen LogP contribution in [0.25, 0.3) is 16.9 Å². The molecule has 4 rings (SSSR count). The third-order valence-corrected chi connectivity index (χ3v) is 5.84. The molecule has 0 atom stereocenters. The molecule has 0 spiro atoms. The highest BCUT2D eigenvalue weighted by molar-refractivity contribution is 6.06. The number of carbonyl (C=O) groups is 1. The first-order valence-electron chi connectivity index (χ1n) is 11.4. The Bertz CT molecular complexity index is 1500. The zero-order chi connectivity index (χ0) is 26.5. The van der Waals surface area contributed by atoms with Crippen LogP contribution in [-0.2, 0) is 4.74 Å². The fourth-order valence-electron chi connectivity index (χ4n) is 3.97. The molecule has 0 bridgehead atoms. The first-order chi connectivity index (χ1) is 17.9. The van der Waals surface area contributed by atoms with Crippen molar-refractivity contribution in [2.75, 3.05) is 28.4 Å². The zero-order valence-corrected chi connectivity index (χ0v) is 21.2. The van der Waals surface area contributed by atoms with Crippen molar-refractivity contribution in [2.24, 2.45) is 4.99 Å². The number of hydrogen-bond acceptors (Lipinski definition) is 7. The van der Waals surface area contributed by atoms with E-state index in [1.807, 2.05) is 30.3 Å². The number of benzene rings is 3. The molecule has 9 nitrogen and oxygen atoms in total. The van der Waals surface area contributed by atoms with E-state index in [-0.39, 0.29) is 16.8 Å². The average molecular weight is 502 g/mol. The van der Waals surface area contributed by atoms with Gasteiger partial charge in [-0.1, -0.05) is 30.3 Å². The summed E-state index contributed by atoms with van der Waals surface area (Å²) in [5.41, 5.74) is 2.91. The minimum absolute atomic E-state index is 0.173. The molecule has 37 heavy (non-hydrogen) atoms. The van der Waals surface area contributed by atoms with Crippen LogP contribution in [0.1, 0.15) is 22.8 Å². The molecule has 0 saturated carbocycles. The maximum atomic E-state index is 13.7. The van der Waals surface area contributed by atoms with Gasteiger partial charge in [0, 0.05) is 17.7 Å². The number of nitrogens with zero attached hydrogens (tertiary/aromatic N) is 2. The van der Waals surface area contributed by atoms with E-state index in [1.54, 1.807) is 44.4 Å². The third-order valence-electron chi connectivity index (χ3n) is 5.84. The molecule has 1 N–H and O–H groups in total. The Labute approximate surface area is 213 Å². The van der Waals surface area contributed by atoms with Crippen LogP contribution in [0.3, 0.4) is 0 Å². The van der Waals surface area contributed by atoms with E-state index in [1.165, 1.54) is 32.1 Å². The summed E-state index contributed by atoms with van der Waals surface area (Å²) >= 11 is 0. The van der Waals surface area contributed by atoms with E-state index in [9.17, 15) is 9.59 Å². The highest BCUT2D eigenvalue weighted by atomic mass is 16.5. The SMILES string of the molecule is COC(=O)c1cc(OC)c(OC)cc1N=C(C)c1c(-c2ccccc2)[nH]n(-c2ccc(OC)cc2)c1=O. The summed E-state index contributed by atoms with van der Waals surface area (Å²) in [5.74, 6) is 0.816. The lowest BCUT2D eigenvalue weighted by Crippen LogP contribution is -2.19. The second-order valence-corrected chi connectivity index (χ2v) is 7.98. The number of aromatic nitrogens is 2. The summed E-state index contributed by atoms with van der Waals surface area (Å²) < 4.78 is 22.4. The molecule has 190 valence electrons. The van der Waals surface area contributed by atoms with Crippen molar-refractivity contribution in [2.45, 2.75) is 6.92 Å². The van der Waals surface area contributed by atoms with Crippen LogP contribution in [0.15, 0.2) is 76.5 Å². The van der Waals surface area contributed by atoms with Crippen LogP contribution in [0.4, 0.5) is 5.69 Å². The maximum Gasteiger partial charge on any atom is 0.340 e. The molecular weight excluding hydrogens is 474 g/mol. The number of hydrogen-bond donors (Lipinski definition) is 1. The van der Waals surface area contributed by atoms with Gasteiger partial charge in [0.15, 0.2) is 11.5 Å². The largest absolute Gasteiger partial charge is 0.497 e. The highest BCUT2D eigenvalue weighted by Crippen LogP contribution is 2.36. The van der Waals surface area contributed by atoms with Crippen molar-refractivity contribution < 1.29 is 23.7 Å². The molecule has 0 aliphatic heterocycles. The van der Waals surface area contributed by atoms with Gasteiger partial charge in [-0.15, -0.1) is 0 Å². The van der Waals surface area contributed by atoms with Crippen LogP contribution in [0, 0.1) is 0 Å². The van der Waals surface area contributed by atoms with Gasteiger partial charge in [0.05, 0.1) is 62.3 Å². The molecule has 0 aliphatic carbocycles. The first kappa shape index (κ1) is 25.3. The van der Waals surface area contributed by atoms with Crippen molar-refractivity contribution in [3.05, 3.63) is 88.2 Å². The molecule has 1 heterocycles. The molecule has 3 aromatic carbocycles. The Morgan fingerprint density at radius 2 is 1.51 bits per heavy atom. The quantitative estimate of drug-likeness (QED) is 0.275. The number of aliphatic imine (C=N–C) groups is 1. The van der Waals surface area contributed by atoms with Crippen molar-refractivity contribution in [3.8, 4) is 34.2 Å². The summed E-state index contributed by atoms with van der Waals surface area (Å²) in [6.07, 6.45) is 0. The molecule has 0 radical (unpaired) electrons. The summed E-state index contributed by atoms with van der Waals surface area (Å²) in [6, 6.07) is 19.7. The summed E-state index contributed by atoms with van der Waals surface area (Å²) in [5, 5.41) is 3.22. The molecule has 1 aromatic heterocycles. The number of nitrogens with one attached hydrogen (secondary N) is 1. The van der Waals surface area contributed by atoms with E-state index in [0.717, 1.165) is 5.56 Å². The van der Waals surface area contributed by atoms with Crippen LogP contribution < -0.4 is 19.8 Å². The topological polar surface area (TPSA) is 104 Å². The van der Waals surface area contributed by atoms with Gasteiger partial charge < -0.3 is 18.9 Å². The number of methoxy groups -OCH3 is 4. The van der Waals surface area contributed by atoms with Crippen molar-refractivity contribution in [1.29, 1.82) is 0 Å². The number of aromatic amines is 1. The van der Waals surface area contributed by atoms with Gasteiger partial charge in [-0.25, -0.2) is 9.48 Å². The summed E-state index contributed by atoms with van der Waals surface area (Å²) in [6.45, 7) is 1.72. The second-order valence-electron chi connectivity index (χ2n) is 7.98. The van der Waals surface area contributed by atoms with Gasteiger partial charge in [-0.3, -0.25) is 14.9 Å². The fourth-order valence-corrected chi connectivity index (χ4v) is 3.97. The highest BCUT2D eigenvalue weighted by Gasteiger charge is 2.22. The third kappa shape index (κ3) is 4.97. The van der Waals surface area contributed by atoms with Gasteiger partial charge >= 0.3 is 5.97 Å². The molecule has 0 fully saturated rings. The molecule has 0 amide bonds. The Balaban J connectivity index is 1.94. The number of carbonyl (C=O) groups excluding carboxylic acids is 1. The number of rotatable bonds is 8. The van der Waals surface area contributed by atoms with Crippen molar-refractivity contribution in [1.82, 2.24) is 9.78 Å². The summed E-state index contributed by atoms with van der Waals surface area (Å²) in [4.78, 5) is 31.0. The molecule has 0 saturated heterocycles. The van der Waals surface area contributed by atoms with E-state index >= 15 is 0 Å². The van der Waals surface area contributed by atoms with E-state index < -0.39 is 5.97 Å². The lowest BCUT2D eigenvalue weighted by atomic mass is 10.0. The Morgan fingerprint density at radius 1 is 0.865 bits per heavy atom. The lowest BCUT2D eigenvalue weighted by molar-refractivity contribution is 0.0601. The van der Waals surface area contributed by atoms with Crippen molar-refractivity contribution >= 4 is 17.4 Å². The number of ether oxygens (including phenoxy) is 4. The standard InChI is InChI=1S/C28H27N3O6/c1-17(29-22-16-24(36-4)23(35-3)15-21(22)28(33)37-5)25-26(18-9-7-6-8-10-18)30-31(27(25)32)19-11-13-20(34-2)14-12-19/h6-16,30H,1-5H3. The number of esters is 1. The predicted octanol–water partition coefficient (Wildman–Crippen LogP) is 4.79. The van der Waals surface area contributed by atoms with Gasteiger partial charge in [0.2, 0.25) is 0 Å². The van der Waals surface area contributed by atoms with E-state index in [4.69, 9.17) is 23.9 Å². The molecule has 0 unspecified atom stereocenters. The maximum absolute atomic E-state index is 13.7.